The lowest BCUT2D eigenvalue weighted by Gasteiger charge is -1.97. The number of hydrogen-bond donors (Lipinski definition) is 1. The van der Waals surface area contributed by atoms with Crippen molar-refractivity contribution in [3.63, 3.8) is 0 Å². The van der Waals surface area contributed by atoms with E-state index >= 15 is 0 Å². The number of rotatable bonds is 6. The van der Waals surface area contributed by atoms with Gasteiger partial charge in [-0.25, -0.2) is 4.98 Å². The zero-order valence-corrected chi connectivity index (χ0v) is 9.98. The molecular weight excluding hydrogens is 208 g/mol. The van der Waals surface area contributed by atoms with Gasteiger partial charge in [-0.3, -0.25) is 0 Å². The van der Waals surface area contributed by atoms with E-state index in [0.717, 1.165) is 18.0 Å². The second kappa shape index (κ2) is 5.05. The van der Waals surface area contributed by atoms with Crippen LogP contribution in [0.1, 0.15) is 47.7 Å². The minimum absolute atomic E-state index is 0.622. The van der Waals surface area contributed by atoms with Gasteiger partial charge in [0, 0.05) is 23.9 Å². The maximum absolute atomic E-state index is 5.71. The molecule has 0 spiro atoms. The first-order valence-electron chi connectivity index (χ1n) is 5.61. The Morgan fingerprint density at radius 3 is 2.93 bits per heavy atom. The minimum Gasteiger partial charge on any atom is -0.374 e. The van der Waals surface area contributed by atoms with Crippen LogP contribution in [0.3, 0.4) is 0 Å². The highest BCUT2D eigenvalue weighted by Gasteiger charge is 2.29. The van der Waals surface area contributed by atoms with Crippen LogP contribution in [0.5, 0.6) is 0 Å². The average Bonchev–Trinajstić information content (AvgIpc) is 3.01. The Kier molecular flexibility index (Phi) is 3.72. The molecule has 4 heteroatoms. The fourth-order valence-electron chi connectivity index (χ4n) is 1.60. The monoisotopic (exact) mass is 226 g/mol. The normalized spacial score (nSPS) is 15.9. The SMILES string of the molecule is CCCOCc1nc(C2CC2)c(CN)s1. The second-order valence-electron chi connectivity index (χ2n) is 3.95. The number of hydrogen-bond acceptors (Lipinski definition) is 4. The molecular formula is C11H18N2OS. The Labute approximate surface area is 94.7 Å². The van der Waals surface area contributed by atoms with Crippen LogP contribution in [0.25, 0.3) is 0 Å². The smallest absolute Gasteiger partial charge is 0.119 e. The van der Waals surface area contributed by atoms with Gasteiger partial charge in [0.2, 0.25) is 0 Å². The van der Waals surface area contributed by atoms with Gasteiger partial charge >= 0.3 is 0 Å². The number of nitrogens with zero attached hydrogens (tertiary/aromatic N) is 1. The highest BCUT2D eigenvalue weighted by Crippen LogP contribution is 2.42. The van der Waals surface area contributed by atoms with Gasteiger partial charge < -0.3 is 10.5 Å². The van der Waals surface area contributed by atoms with Gasteiger partial charge in [0.1, 0.15) is 5.01 Å². The fraction of sp³-hybridized carbons (Fsp3) is 0.727. The van der Waals surface area contributed by atoms with E-state index < -0.39 is 0 Å². The third-order valence-corrected chi connectivity index (χ3v) is 3.56. The molecule has 2 N–H and O–H groups in total. The molecule has 1 aromatic rings. The van der Waals surface area contributed by atoms with Crippen LogP contribution >= 0.6 is 11.3 Å². The lowest BCUT2D eigenvalue weighted by molar-refractivity contribution is 0.121. The van der Waals surface area contributed by atoms with Crippen molar-refractivity contribution < 1.29 is 4.74 Å². The molecule has 0 atom stereocenters. The molecule has 0 aromatic carbocycles. The van der Waals surface area contributed by atoms with Crippen molar-refractivity contribution in [1.29, 1.82) is 0 Å². The predicted octanol–water partition coefficient (Wildman–Crippen LogP) is 2.41. The van der Waals surface area contributed by atoms with Crippen LogP contribution in [0, 0.1) is 0 Å². The standard InChI is InChI=1S/C11H18N2OS/c1-2-5-14-7-10-13-11(8-3-4-8)9(6-12)15-10/h8H,2-7,12H2,1H3. The largest absolute Gasteiger partial charge is 0.374 e. The zero-order valence-electron chi connectivity index (χ0n) is 9.16. The first kappa shape index (κ1) is 11.0. The van der Waals surface area contributed by atoms with Crippen molar-refractivity contribution >= 4 is 11.3 Å². The zero-order chi connectivity index (χ0) is 10.7. The average molecular weight is 226 g/mol. The van der Waals surface area contributed by atoms with E-state index in [-0.39, 0.29) is 0 Å². The molecule has 0 bridgehead atoms. The van der Waals surface area contributed by atoms with Crippen molar-refractivity contribution in [3.05, 3.63) is 15.6 Å². The summed E-state index contributed by atoms with van der Waals surface area (Å²) >= 11 is 1.72. The summed E-state index contributed by atoms with van der Waals surface area (Å²) in [4.78, 5) is 5.89. The van der Waals surface area contributed by atoms with Gasteiger partial charge in [0.25, 0.3) is 0 Å². The van der Waals surface area contributed by atoms with Gasteiger partial charge in [-0.2, -0.15) is 0 Å². The van der Waals surface area contributed by atoms with Crippen LogP contribution in [0.15, 0.2) is 0 Å². The van der Waals surface area contributed by atoms with E-state index in [4.69, 9.17) is 10.5 Å². The second-order valence-corrected chi connectivity index (χ2v) is 5.12. The van der Waals surface area contributed by atoms with Crippen molar-refractivity contribution in [2.24, 2.45) is 5.73 Å². The van der Waals surface area contributed by atoms with Gasteiger partial charge in [-0.15, -0.1) is 11.3 Å². The van der Waals surface area contributed by atoms with Gasteiger partial charge in [-0.1, -0.05) is 6.92 Å². The molecule has 1 aromatic heterocycles. The predicted molar refractivity (Wildman–Crippen MR) is 61.9 cm³/mol. The van der Waals surface area contributed by atoms with E-state index in [9.17, 15) is 0 Å². The number of nitrogens with two attached hydrogens (primary N) is 1. The highest BCUT2D eigenvalue weighted by molar-refractivity contribution is 7.11. The Balaban J connectivity index is 1.98. The van der Waals surface area contributed by atoms with Crippen molar-refractivity contribution in [2.45, 2.75) is 45.3 Å². The lowest BCUT2D eigenvalue weighted by atomic mass is 10.2. The maximum Gasteiger partial charge on any atom is 0.119 e. The summed E-state index contributed by atoms with van der Waals surface area (Å²) in [5, 5.41) is 1.09. The molecule has 1 aliphatic carbocycles. The van der Waals surface area contributed by atoms with Crippen LogP contribution < -0.4 is 5.73 Å². The fourth-order valence-corrected chi connectivity index (χ4v) is 2.57. The quantitative estimate of drug-likeness (QED) is 0.758. The van der Waals surface area contributed by atoms with Gasteiger partial charge in [0.15, 0.2) is 0 Å². The molecule has 0 unspecified atom stereocenters. The van der Waals surface area contributed by atoms with Crippen LogP contribution in [0.4, 0.5) is 0 Å². The molecule has 0 aliphatic heterocycles. The Hall–Kier alpha value is -0.450. The summed E-state index contributed by atoms with van der Waals surface area (Å²) in [5.74, 6) is 0.694. The Morgan fingerprint density at radius 2 is 2.33 bits per heavy atom. The molecule has 15 heavy (non-hydrogen) atoms. The first-order valence-corrected chi connectivity index (χ1v) is 6.43. The molecule has 0 saturated heterocycles. The Bertz CT molecular complexity index is 320. The summed E-state index contributed by atoms with van der Waals surface area (Å²) < 4.78 is 5.49. The highest BCUT2D eigenvalue weighted by atomic mass is 32.1. The summed E-state index contributed by atoms with van der Waals surface area (Å²) in [6, 6.07) is 0. The van der Waals surface area contributed by atoms with Crippen molar-refractivity contribution in [2.75, 3.05) is 6.61 Å². The summed E-state index contributed by atoms with van der Waals surface area (Å²) in [7, 11) is 0. The van der Waals surface area contributed by atoms with E-state index in [0.29, 0.717) is 19.1 Å². The molecule has 0 radical (unpaired) electrons. The van der Waals surface area contributed by atoms with E-state index in [1.54, 1.807) is 11.3 Å². The molecule has 1 saturated carbocycles. The third kappa shape index (κ3) is 2.77. The summed E-state index contributed by atoms with van der Waals surface area (Å²) in [6.45, 7) is 4.20. The molecule has 0 amide bonds. The van der Waals surface area contributed by atoms with E-state index in [2.05, 4.69) is 11.9 Å². The Morgan fingerprint density at radius 1 is 1.53 bits per heavy atom. The maximum atomic E-state index is 5.71. The number of aromatic nitrogens is 1. The molecule has 1 aliphatic rings. The van der Waals surface area contributed by atoms with Crippen molar-refractivity contribution in [1.82, 2.24) is 4.98 Å². The lowest BCUT2D eigenvalue weighted by Crippen LogP contribution is -1.97. The third-order valence-electron chi connectivity index (χ3n) is 2.50. The topological polar surface area (TPSA) is 48.1 Å². The number of ether oxygens (including phenoxy) is 1. The molecule has 3 nitrogen and oxygen atoms in total. The molecule has 84 valence electrons. The number of thiazole rings is 1. The first-order chi connectivity index (χ1) is 7.35. The van der Waals surface area contributed by atoms with Crippen LogP contribution in [-0.4, -0.2) is 11.6 Å². The van der Waals surface area contributed by atoms with Crippen LogP contribution in [-0.2, 0) is 17.9 Å². The van der Waals surface area contributed by atoms with Gasteiger partial charge in [-0.05, 0) is 19.3 Å². The van der Waals surface area contributed by atoms with E-state index in [1.807, 2.05) is 0 Å². The van der Waals surface area contributed by atoms with Crippen molar-refractivity contribution in [3.8, 4) is 0 Å². The van der Waals surface area contributed by atoms with Gasteiger partial charge in [0.05, 0.1) is 12.3 Å². The summed E-state index contributed by atoms with van der Waals surface area (Å²) in [6.07, 6.45) is 3.63. The summed E-state index contributed by atoms with van der Waals surface area (Å²) in [5.41, 5.74) is 6.96. The minimum atomic E-state index is 0.622. The molecule has 1 heterocycles. The van der Waals surface area contributed by atoms with E-state index in [1.165, 1.54) is 23.4 Å². The van der Waals surface area contributed by atoms with Crippen LogP contribution in [0.2, 0.25) is 0 Å². The molecule has 2 rings (SSSR count). The molecule has 1 fully saturated rings.